The Morgan fingerprint density at radius 3 is 2.72 bits per heavy atom. The second-order valence-corrected chi connectivity index (χ2v) is 6.68. The van der Waals surface area contributed by atoms with Crippen LogP contribution in [0.2, 0.25) is 0 Å². The normalized spacial score (nSPS) is 21.9. The molecule has 0 aromatic heterocycles. The molecule has 1 unspecified atom stereocenters. The van der Waals surface area contributed by atoms with E-state index in [-0.39, 0.29) is 5.78 Å². The van der Waals surface area contributed by atoms with Crippen molar-refractivity contribution >= 4 is 11.8 Å². The van der Waals surface area contributed by atoms with E-state index in [1.54, 1.807) is 13.0 Å². The highest BCUT2D eigenvalue weighted by Crippen LogP contribution is 2.45. The van der Waals surface area contributed by atoms with Crippen LogP contribution in [0.4, 0.5) is 0 Å². The zero-order valence-electron chi connectivity index (χ0n) is 14.9. The summed E-state index contributed by atoms with van der Waals surface area (Å²) in [7, 11) is 0. The minimum absolute atomic E-state index is 0.0142. The summed E-state index contributed by atoms with van der Waals surface area (Å²) in [4.78, 5) is 25.4. The number of Topliss-reactive ketones (excluding diaryl/α,β-unsaturated/α-hetero) is 1. The van der Waals surface area contributed by atoms with Gasteiger partial charge in [0.25, 0.3) is 0 Å². The Hall–Kier alpha value is -2.68. The average molecular weight is 334 g/mol. The molecule has 0 saturated carbocycles. The molecule has 0 radical (unpaired) electrons. The first-order valence-corrected chi connectivity index (χ1v) is 8.51. The van der Waals surface area contributed by atoms with Crippen LogP contribution in [0.15, 0.2) is 71.4 Å². The van der Waals surface area contributed by atoms with E-state index < -0.39 is 11.6 Å². The van der Waals surface area contributed by atoms with E-state index in [2.05, 4.69) is 13.5 Å². The lowest BCUT2D eigenvalue weighted by Crippen LogP contribution is -2.37. The Morgan fingerprint density at radius 2 is 2.04 bits per heavy atom. The van der Waals surface area contributed by atoms with Crippen molar-refractivity contribution in [2.45, 2.75) is 39.2 Å². The first-order valence-electron chi connectivity index (χ1n) is 8.51. The number of allylic oxidation sites excluding steroid dienone is 4. The van der Waals surface area contributed by atoms with Crippen LogP contribution in [-0.4, -0.2) is 11.8 Å². The Morgan fingerprint density at radius 1 is 1.32 bits per heavy atom. The maximum absolute atomic E-state index is 13.1. The molecule has 25 heavy (non-hydrogen) atoms. The van der Waals surface area contributed by atoms with Gasteiger partial charge in [-0.25, -0.2) is 4.79 Å². The number of rotatable bonds is 3. The van der Waals surface area contributed by atoms with Crippen LogP contribution in [0.5, 0.6) is 0 Å². The molecular formula is C22H22O3. The van der Waals surface area contributed by atoms with Gasteiger partial charge in [-0.1, -0.05) is 61.6 Å². The molecule has 2 aliphatic carbocycles. The minimum atomic E-state index is -1.01. The quantitative estimate of drug-likeness (QED) is 0.588. The topological polar surface area (TPSA) is 43.4 Å². The van der Waals surface area contributed by atoms with Crippen molar-refractivity contribution in [3.63, 3.8) is 0 Å². The summed E-state index contributed by atoms with van der Waals surface area (Å²) in [6.45, 7) is 9.24. The third kappa shape index (κ3) is 2.80. The van der Waals surface area contributed by atoms with Crippen molar-refractivity contribution in [3.05, 3.63) is 82.5 Å². The second-order valence-electron chi connectivity index (χ2n) is 6.68. The number of hydrogen-bond acceptors (Lipinski definition) is 3. The van der Waals surface area contributed by atoms with Gasteiger partial charge in [0.15, 0.2) is 11.4 Å². The molecule has 3 rings (SSSR count). The van der Waals surface area contributed by atoms with E-state index in [1.165, 1.54) is 5.57 Å². The van der Waals surface area contributed by atoms with Gasteiger partial charge in [0.1, 0.15) is 0 Å². The fraction of sp³-hybridized carbons (Fsp3) is 0.273. The smallest absolute Gasteiger partial charge is 0.334 e. The van der Waals surface area contributed by atoms with Gasteiger partial charge in [-0.05, 0) is 26.7 Å². The van der Waals surface area contributed by atoms with Crippen LogP contribution in [0.25, 0.3) is 0 Å². The SMILES string of the molecule is C=C(C)C(=O)OC1(C)C2=C(CC(CC)=CC=C2)C(=O)c2ccccc21. The van der Waals surface area contributed by atoms with E-state index >= 15 is 0 Å². The molecular weight excluding hydrogens is 312 g/mol. The molecule has 0 spiro atoms. The molecule has 1 aromatic rings. The Balaban J connectivity index is 2.22. The van der Waals surface area contributed by atoms with E-state index in [4.69, 9.17) is 4.74 Å². The molecule has 3 heteroatoms. The van der Waals surface area contributed by atoms with Crippen LogP contribution in [0.3, 0.4) is 0 Å². The summed E-state index contributed by atoms with van der Waals surface area (Å²) in [6, 6.07) is 7.36. The molecule has 3 nitrogen and oxygen atoms in total. The molecule has 2 aliphatic rings. The first-order chi connectivity index (χ1) is 11.9. The lowest BCUT2D eigenvalue weighted by molar-refractivity contribution is -0.150. The Labute approximate surface area is 148 Å². The summed E-state index contributed by atoms with van der Waals surface area (Å²) < 4.78 is 5.89. The summed E-state index contributed by atoms with van der Waals surface area (Å²) in [6.07, 6.45) is 7.33. The lowest BCUT2D eigenvalue weighted by Gasteiger charge is -2.37. The van der Waals surface area contributed by atoms with Crippen molar-refractivity contribution in [2.24, 2.45) is 0 Å². The standard InChI is InChI=1S/C22H22O3/c1-5-15-9-8-12-19-17(13-15)20(23)16-10-6-7-11-18(16)22(19,4)25-21(24)14(2)3/h6-12H,2,5,13H2,1,3-4H3. The number of ketones is 1. The summed E-state index contributed by atoms with van der Waals surface area (Å²) in [5.74, 6) is -0.444. The summed E-state index contributed by atoms with van der Waals surface area (Å²) >= 11 is 0. The van der Waals surface area contributed by atoms with Crippen LogP contribution in [0, 0.1) is 0 Å². The molecule has 0 fully saturated rings. The zero-order valence-corrected chi connectivity index (χ0v) is 14.9. The highest BCUT2D eigenvalue weighted by atomic mass is 16.6. The maximum Gasteiger partial charge on any atom is 0.334 e. The number of carbonyl (C=O) groups is 2. The van der Waals surface area contributed by atoms with Gasteiger partial charge in [-0.2, -0.15) is 0 Å². The third-order valence-electron chi connectivity index (χ3n) is 4.90. The number of fused-ring (bicyclic) bond motifs is 1. The molecule has 1 atom stereocenters. The van der Waals surface area contributed by atoms with Crippen molar-refractivity contribution in [1.82, 2.24) is 0 Å². The molecule has 0 bridgehead atoms. The first kappa shape index (κ1) is 17.2. The summed E-state index contributed by atoms with van der Waals surface area (Å²) in [5, 5.41) is 0. The van der Waals surface area contributed by atoms with Gasteiger partial charge in [0.2, 0.25) is 0 Å². The van der Waals surface area contributed by atoms with Crippen molar-refractivity contribution in [2.75, 3.05) is 0 Å². The molecule has 0 saturated heterocycles. The molecule has 0 heterocycles. The van der Waals surface area contributed by atoms with E-state index in [0.29, 0.717) is 23.1 Å². The monoisotopic (exact) mass is 334 g/mol. The van der Waals surface area contributed by atoms with Crippen LogP contribution >= 0.6 is 0 Å². The van der Waals surface area contributed by atoms with Gasteiger partial charge >= 0.3 is 5.97 Å². The Kier molecular flexibility index (Phi) is 4.34. The Bertz CT molecular complexity index is 867. The fourth-order valence-corrected chi connectivity index (χ4v) is 3.44. The van der Waals surface area contributed by atoms with Gasteiger partial charge in [-0.15, -0.1) is 0 Å². The van der Waals surface area contributed by atoms with Crippen molar-refractivity contribution in [1.29, 1.82) is 0 Å². The fourth-order valence-electron chi connectivity index (χ4n) is 3.44. The summed E-state index contributed by atoms with van der Waals surface area (Å²) in [5.41, 5.74) is 3.29. The average Bonchev–Trinajstić information content (AvgIpc) is 2.83. The lowest BCUT2D eigenvalue weighted by atomic mass is 9.73. The van der Waals surface area contributed by atoms with Gasteiger partial charge in [0, 0.05) is 27.8 Å². The van der Waals surface area contributed by atoms with E-state index in [0.717, 1.165) is 17.6 Å². The maximum atomic E-state index is 13.1. The number of hydrogen-bond donors (Lipinski definition) is 0. The second kappa shape index (κ2) is 6.32. The van der Waals surface area contributed by atoms with Crippen LogP contribution in [-0.2, 0) is 15.1 Å². The van der Waals surface area contributed by atoms with E-state index in [1.807, 2.05) is 43.4 Å². The predicted molar refractivity (Wildman–Crippen MR) is 98.2 cm³/mol. The molecule has 128 valence electrons. The zero-order chi connectivity index (χ0) is 18.2. The third-order valence-corrected chi connectivity index (χ3v) is 4.90. The van der Waals surface area contributed by atoms with Crippen molar-refractivity contribution < 1.29 is 14.3 Å². The molecule has 0 aliphatic heterocycles. The number of benzene rings is 1. The van der Waals surface area contributed by atoms with E-state index in [9.17, 15) is 9.59 Å². The van der Waals surface area contributed by atoms with Gasteiger partial charge < -0.3 is 4.74 Å². The predicted octanol–water partition coefficient (Wildman–Crippen LogP) is 4.81. The molecule has 1 aromatic carbocycles. The van der Waals surface area contributed by atoms with Crippen LogP contribution in [0.1, 0.15) is 49.5 Å². The number of esters is 1. The molecule has 0 N–H and O–H groups in total. The van der Waals surface area contributed by atoms with Crippen LogP contribution < -0.4 is 0 Å². The largest absolute Gasteiger partial charge is 0.446 e. The minimum Gasteiger partial charge on any atom is -0.446 e. The van der Waals surface area contributed by atoms with Gasteiger partial charge in [0.05, 0.1) is 0 Å². The van der Waals surface area contributed by atoms with Gasteiger partial charge in [-0.3, -0.25) is 4.79 Å². The molecule has 0 amide bonds. The number of carbonyl (C=O) groups excluding carboxylic acids is 2. The number of ether oxygens (including phenoxy) is 1. The van der Waals surface area contributed by atoms with Crippen molar-refractivity contribution in [3.8, 4) is 0 Å². The highest BCUT2D eigenvalue weighted by Gasteiger charge is 2.44. The highest BCUT2D eigenvalue weighted by molar-refractivity contribution is 6.13.